The predicted molar refractivity (Wildman–Crippen MR) is 75.9 cm³/mol. The molecule has 110 valence electrons. The third-order valence-electron chi connectivity index (χ3n) is 2.67. The van der Waals surface area contributed by atoms with E-state index in [1.54, 1.807) is 14.0 Å². The number of benzene rings is 1. The summed E-state index contributed by atoms with van der Waals surface area (Å²) in [7, 11) is 1.68. The van der Waals surface area contributed by atoms with E-state index in [0.29, 0.717) is 6.54 Å². The highest BCUT2D eigenvalue weighted by Gasteiger charge is 2.16. The molecule has 0 bridgehead atoms. The Hall–Kier alpha value is -2.08. The second-order valence-corrected chi connectivity index (χ2v) is 4.39. The van der Waals surface area contributed by atoms with E-state index in [1.807, 2.05) is 30.3 Å². The van der Waals surface area contributed by atoms with E-state index in [9.17, 15) is 9.59 Å². The van der Waals surface area contributed by atoms with Crippen LogP contribution in [0.5, 0.6) is 0 Å². The molecule has 1 rings (SSSR count). The third kappa shape index (κ3) is 5.27. The summed E-state index contributed by atoms with van der Waals surface area (Å²) < 4.78 is 4.76. The molecule has 1 atom stereocenters. The van der Waals surface area contributed by atoms with E-state index in [4.69, 9.17) is 10.5 Å². The number of hydrogen-bond donors (Lipinski definition) is 2. The van der Waals surface area contributed by atoms with Gasteiger partial charge in [0.2, 0.25) is 0 Å². The Morgan fingerprint density at radius 3 is 2.60 bits per heavy atom. The first-order chi connectivity index (χ1) is 9.54. The molecule has 0 aliphatic carbocycles. The number of urea groups is 1. The molecule has 1 unspecified atom stereocenters. The number of ether oxygens (including phenoxy) is 1. The maximum absolute atomic E-state index is 11.8. The number of nitrogens with one attached hydrogen (secondary N) is 1. The van der Waals surface area contributed by atoms with Gasteiger partial charge in [0.25, 0.3) is 0 Å². The van der Waals surface area contributed by atoms with Gasteiger partial charge in [-0.05, 0) is 12.5 Å². The van der Waals surface area contributed by atoms with Crippen LogP contribution in [0.25, 0.3) is 0 Å². The number of carbonyl (C=O) groups excluding carboxylic acids is 2. The summed E-state index contributed by atoms with van der Waals surface area (Å²) in [6, 6.07) is 8.50. The van der Waals surface area contributed by atoms with Gasteiger partial charge in [-0.1, -0.05) is 30.3 Å². The van der Waals surface area contributed by atoms with Crippen molar-refractivity contribution in [2.75, 3.05) is 20.2 Å². The van der Waals surface area contributed by atoms with Crippen molar-refractivity contribution >= 4 is 12.0 Å². The minimum Gasteiger partial charge on any atom is -0.465 e. The summed E-state index contributed by atoms with van der Waals surface area (Å²) in [5.41, 5.74) is 6.62. The molecule has 3 N–H and O–H groups in total. The van der Waals surface area contributed by atoms with Crippen molar-refractivity contribution in [3.63, 3.8) is 0 Å². The number of esters is 1. The normalized spacial score (nSPS) is 11.6. The molecular weight excluding hydrogens is 258 g/mol. The molecule has 20 heavy (non-hydrogen) atoms. The van der Waals surface area contributed by atoms with Crippen LogP contribution in [-0.2, 0) is 16.1 Å². The Morgan fingerprint density at radius 2 is 2.00 bits per heavy atom. The lowest BCUT2D eigenvalue weighted by atomic mass is 10.2. The molecule has 0 aromatic heterocycles. The molecule has 0 aliphatic rings. The van der Waals surface area contributed by atoms with Crippen LogP contribution < -0.4 is 11.1 Å². The second-order valence-electron chi connectivity index (χ2n) is 4.39. The maximum atomic E-state index is 11.8. The standard InChI is InChI=1S/C14H21N3O3/c1-3-20-13(18)12(15)9-16-14(19)17(2)10-11-7-5-4-6-8-11/h4-8,12H,3,9-10,15H2,1-2H3,(H,16,19). The van der Waals surface area contributed by atoms with Crippen LogP contribution in [0.2, 0.25) is 0 Å². The lowest BCUT2D eigenvalue weighted by Gasteiger charge is -2.19. The van der Waals surface area contributed by atoms with Gasteiger partial charge >= 0.3 is 12.0 Å². The van der Waals surface area contributed by atoms with Gasteiger partial charge in [-0.2, -0.15) is 0 Å². The van der Waals surface area contributed by atoms with Gasteiger partial charge in [0.15, 0.2) is 0 Å². The lowest BCUT2D eigenvalue weighted by molar-refractivity contribution is -0.144. The predicted octanol–water partition coefficient (Wildman–Crippen LogP) is 0.718. The zero-order valence-corrected chi connectivity index (χ0v) is 11.8. The van der Waals surface area contributed by atoms with Gasteiger partial charge in [0, 0.05) is 20.1 Å². The molecule has 0 heterocycles. The molecule has 1 aromatic carbocycles. The van der Waals surface area contributed by atoms with E-state index < -0.39 is 12.0 Å². The van der Waals surface area contributed by atoms with Crippen LogP contribution >= 0.6 is 0 Å². The highest BCUT2D eigenvalue weighted by atomic mass is 16.5. The SMILES string of the molecule is CCOC(=O)C(N)CNC(=O)N(C)Cc1ccccc1. The zero-order valence-electron chi connectivity index (χ0n) is 11.8. The minimum atomic E-state index is -0.843. The smallest absolute Gasteiger partial charge is 0.324 e. The summed E-state index contributed by atoms with van der Waals surface area (Å²) >= 11 is 0. The number of nitrogens with zero attached hydrogens (tertiary/aromatic N) is 1. The lowest BCUT2D eigenvalue weighted by Crippen LogP contribution is -2.46. The van der Waals surface area contributed by atoms with Crippen molar-refractivity contribution in [1.29, 1.82) is 0 Å². The van der Waals surface area contributed by atoms with Crippen molar-refractivity contribution < 1.29 is 14.3 Å². The van der Waals surface area contributed by atoms with E-state index in [2.05, 4.69) is 5.32 Å². The Morgan fingerprint density at radius 1 is 1.35 bits per heavy atom. The minimum absolute atomic E-state index is 0.0524. The largest absolute Gasteiger partial charge is 0.465 e. The van der Waals surface area contributed by atoms with E-state index in [-0.39, 0.29) is 19.2 Å². The first-order valence-electron chi connectivity index (χ1n) is 6.49. The first-order valence-corrected chi connectivity index (χ1v) is 6.49. The topological polar surface area (TPSA) is 84.7 Å². The van der Waals surface area contributed by atoms with Gasteiger partial charge in [0.05, 0.1) is 6.61 Å². The van der Waals surface area contributed by atoms with Crippen LogP contribution in [0.4, 0.5) is 4.79 Å². The quantitative estimate of drug-likeness (QED) is 0.751. The van der Waals surface area contributed by atoms with Gasteiger partial charge in [-0.25, -0.2) is 4.79 Å². The summed E-state index contributed by atoms with van der Waals surface area (Å²) in [6.07, 6.45) is 0. The number of amides is 2. The van der Waals surface area contributed by atoms with Gasteiger partial charge < -0.3 is 20.7 Å². The van der Waals surface area contributed by atoms with Gasteiger partial charge in [-0.3, -0.25) is 4.79 Å². The van der Waals surface area contributed by atoms with E-state index in [0.717, 1.165) is 5.56 Å². The highest BCUT2D eigenvalue weighted by Crippen LogP contribution is 2.02. The van der Waals surface area contributed by atoms with Crippen molar-refractivity contribution in [3.05, 3.63) is 35.9 Å². The summed E-state index contributed by atoms with van der Waals surface area (Å²) in [5, 5.41) is 2.60. The number of carbonyl (C=O) groups is 2. The number of nitrogens with two attached hydrogens (primary N) is 1. The molecule has 0 saturated carbocycles. The van der Waals surface area contributed by atoms with E-state index >= 15 is 0 Å². The second kappa shape index (κ2) is 8.16. The Labute approximate surface area is 118 Å². The van der Waals surface area contributed by atoms with Crippen LogP contribution in [0.3, 0.4) is 0 Å². The summed E-state index contributed by atoms with van der Waals surface area (Å²) in [5.74, 6) is -0.515. The zero-order chi connectivity index (χ0) is 15.0. The van der Waals surface area contributed by atoms with Crippen molar-refractivity contribution in [2.45, 2.75) is 19.5 Å². The fourth-order valence-corrected chi connectivity index (χ4v) is 1.59. The number of hydrogen-bond acceptors (Lipinski definition) is 4. The molecule has 6 nitrogen and oxygen atoms in total. The molecule has 0 saturated heterocycles. The molecule has 0 spiro atoms. The molecule has 2 amide bonds. The fraction of sp³-hybridized carbons (Fsp3) is 0.429. The third-order valence-corrected chi connectivity index (χ3v) is 2.67. The molecule has 0 aliphatic heterocycles. The number of rotatable bonds is 6. The first kappa shape index (κ1) is 16.0. The molecule has 0 fully saturated rings. The molecular formula is C14H21N3O3. The van der Waals surface area contributed by atoms with Crippen LogP contribution in [0.1, 0.15) is 12.5 Å². The average Bonchev–Trinajstić information content (AvgIpc) is 2.45. The van der Waals surface area contributed by atoms with Crippen molar-refractivity contribution in [3.8, 4) is 0 Å². The van der Waals surface area contributed by atoms with Crippen LogP contribution in [0, 0.1) is 0 Å². The molecule has 1 aromatic rings. The van der Waals surface area contributed by atoms with Crippen LogP contribution in [0.15, 0.2) is 30.3 Å². The maximum Gasteiger partial charge on any atom is 0.324 e. The van der Waals surface area contributed by atoms with Gasteiger partial charge in [0.1, 0.15) is 6.04 Å². The van der Waals surface area contributed by atoms with E-state index in [1.165, 1.54) is 4.90 Å². The van der Waals surface area contributed by atoms with Crippen molar-refractivity contribution in [1.82, 2.24) is 10.2 Å². The average molecular weight is 279 g/mol. The molecule has 0 radical (unpaired) electrons. The Bertz CT molecular complexity index is 437. The molecule has 6 heteroatoms. The fourth-order valence-electron chi connectivity index (χ4n) is 1.59. The highest BCUT2D eigenvalue weighted by molar-refractivity contribution is 5.78. The van der Waals surface area contributed by atoms with Gasteiger partial charge in [-0.15, -0.1) is 0 Å². The summed E-state index contributed by atoms with van der Waals surface area (Å²) in [4.78, 5) is 24.7. The monoisotopic (exact) mass is 279 g/mol. The Kier molecular flexibility index (Phi) is 6.52. The summed E-state index contributed by atoms with van der Waals surface area (Å²) in [6.45, 7) is 2.52. The van der Waals surface area contributed by atoms with Crippen molar-refractivity contribution in [2.24, 2.45) is 5.73 Å². The van der Waals surface area contributed by atoms with Crippen LogP contribution in [-0.4, -0.2) is 43.1 Å². The Balaban J connectivity index is 2.37.